The minimum atomic E-state index is -2.51. The first kappa shape index (κ1) is 34.8. The molecule has 0 saturated carbocycles. The number of fused-ring (bicyclic) bond motifs is 1. The van der Waals surface area contributed by atoms with E-state index >= 15 is 0 Å². The van der Waals surface area contributed by atoms with Crippen LogP contribution in [0.25, 0.3) is 0 Å². The highest BCUT2D eigenvalue weighted by molar-refractivity contribution is 6.76. The zero-order chi connectivity index (χ0) is 33.1. The number of ether oxygens (including phenoxy) is 3. The molecule has 3 atom stereocenters. The van der Waals surface area contributed by atoms with E-state index < -0.39 is 56.8 Å². The average Bonchev–Trinajstić information content (AvgIpc) is 3.23. The molecule has 2 saturated heterocycles. The lowest BCUT2D eigenvalue weighted by Crippen LogP contribution is -2.57. The summed E-state index contributed by atoms with van der Waals surface area (Å²) in [5.74, 6) is -0.666. The van der Waals surface area contributed by atoms with Crippen molar-refractivity contribution < 1.29 is 42.2 Å². The second-order valence-corrected chi connectivity index (χ2v) is 19.8. The first-order valence-electron chi connectivity index (χ1n) is 15.5. The van der Waals surface area contributed by atoms with Gasteiger partial charge >= 0.3 is 6.09 Å². The lowest BCUT2D eigenvalue weighted by Gasteiger charge is -2.38. The van der Waals surface area contributed by atoms with Gasteiger partial charge in [-0.2, -0.15) is 0 Å². The number of likely N-dealkylation sites (tertiary alicyclic amines) is 2. The van der Waals surface area contributed by atoms with Crippen LogP contribution in [0.2, 0.25) is 25.7 Å². The summed E-state index contributed by atoms with van der Waals surface area (Å²) in [6.45, 7) is 12.5. The Bertz CT molecular complexity index is 1270. The molecule has 14 heteroatoms. The number of nitrogens with zero attached hydrogens (tertiary/aromatic N) is 3. The summed E-state index contributed by atoms with van der Waals surface area (Å²) in [6.07, 6.45) is -3.05. The first-order valence-corrected chi connectivity index (χ1v) is 19.2. The lowest BCUT2D eigenvalue weighted by atomic mass is 10.0. The van der Waals surface area contributed by atoms with E-state index in [1.54, 1.807) is 43.9 Å². The molecule has 2 fully saturated rings. The molecule has 1 aromatic carbocycles. The molecule has 3 heterocycles. The van der Waals surface area contributed by atoms with Gasteiger partial charge in [0.1, 0.15) is 30.2 Å². The number of carbonyl (C=O) groups excluding carboxylic acids is 4. The number of carbonyl (C=O) groups is 4. The van der Waals surface area contributed by atoms with Crippen molar-refractivity contribution >= 4 is 31.9 Å². The van der Waals surface area contributed by atoms with Crippen molar-refractivity contribution in [2.24, 2.45) is 0 Å². The van der Waals surface area contributed by atoms with Crippen LogP contribution >= 0.6 is 0 Å². The summed E-state index contributed by atoms with van der Waals surface area (Å²) in [4.78, 5) is 56.0. The molecule has 1 N–H and O–H groups in total. The van der Waals surface area contributed by atoms with Gasteiger partial charge in [-0.25, -0.2) is 13.6 Å². The third-order valence-electron chi connectivity index (χ3n) is 8.01. The molecule has 0 spiro atoms. The number of halogens is 2. The number of hydrogen-bond acceptors (Lipinski definition) is 8. The van der Waals surface area contributed by atoms with Crippen molar-refractivity contribution in [1.29, 1.82) is 0 Å². The molecule has 0 bridgehead atoms. The van der Waals surface area contributed by atoms with E-state index in [1.165, 1.54) is 4.90 Å². The lowest BCUT2D eigenvalue weighted by molar-refractivity contribution is -0.158. The van der Waals surface area contributed by atoms with Gasteiger partial charge in [0.25, 0.3) is 18.2 Å². The summed E-state index contributed by atoms with van der Waals surface area (Å²) in [6, 6.07) is 4.58. The Labute approximate surface area is 264 Å². The maximum Gasteiger partial charge on any atom is 0.408 e. The highest BCUT2D eigenvalue weighted by atomic mass is 28.3. The van der Waals surface area contributed by atoms with Crippen LogP contribution in [0.1, 0.15) is 56.0 Å². The molecule has 0 aliphatic carbocycles. The summed E-state index contributed by atoms with van der Waals surface area (Å²) < 4.78 is 43.7. The van der Waals surface area contributed by atoms with E-state index in [0.717, 1.165) is 10.9 Å². The van der Waals surface area contributed by atoms with Crippen molar-refractivity contribution in [3.05, 3.63) is 29.3 Å². The Morgan fingerprint density at radius 1 is 1.13 bits per heavy atom. The molecule has 3 unspecified atom stereocenters. The van der Waals surface area contributed by atoms with Crippen LogP contribution in [0.5, 0.6) is 5.75 Å². The van der Waals surface area contributed by atoms with Gasteiger partial charge in [0, 0.05) is 46.3 Å². The Hall–Kier alpha value is -3.10. The molecule has 4 rings (SSSR count). The number of benzene rings is 1. The maximum absolute atomic E-state index is 13.4. The quantitative estimate of drug-likeness (QED) is 0.216. The van der Waals surface area contributed by atoms with Crippen molar-refractivity contribution in [2.75, 3.05) is 33.0 Å². The molecule has 1 aromatic rings. The van der Waals surface area contributed by atoms with Gasteiger partial charge in [-0.15, -0.1) is 0 Å². The van der Waals surface area contributed by atoms with Gasteiger partial charge in [0.2, 0.25) is 5.91 Å². The summed E-state index contributed by atoms with van der Waals surface area (Å²) in [5.41, 5.74) is 0.369. The van der Waals surface area contributed by atoms with E-state index in [9.17, 15) is 28.0 Å². The Balaban J connectivity index is 1.44. The zero-order valence-electron chi connectivity index (χ0n) is 27.1. The van der Waals surface area contributed by atoms with Crippen molar-refractivity contribution in [1.82, 2.24) is 20.0 Å². The van der Waals surface area contributed by atoms with E-state index in [0.29, 0.717) is 36.4 Å². The van der Waals surface area contributed by atoms with Crippen LogP contribution in [0.3, 0.4) is 0 Å². The molecule has 0 radical (unpaired) electrons. The number of alkyl halides is 2. The van der Waals surface area contributed by atoms with Crippen molar-refractivity contribution in [2.45, 2.75) is 102 Å². The van der Waals surface area contributed by atoms with Gasteiger partial charge < -0.3 is 24.4 Å². The predicted molar refractivity (Wildman–Crippen MR) is 165 cm³/mol. The smallest absolute Gasteiger partial charge is 0.408 e. The predicted octanol–water partition coefficient (Wildman–Crippen LogP) is 4.08. The van der Waals surface area contributed by atoms with Crippen LogP contribution in [0.15, 0.2) is 18.2 Å². The summed E-state index contributed by atoms with van der Waals surface area (Å²) in [5, 5.41) is 2.83. The SMILES string of the molecule is CC(C)(C)OC(=O)NC1CCN(CC(F)F)CC1Oc1ccc2c(c1)CN(C1CCC(=O)N(COCC[Si](C)(C)C)C1=O)C2=O. The minimum absolute atomic E-state index is 0.130. The highest BCUT2D eigenvalue weighted by Gasteiger charge is 2.43. The van der Waals surface area contributed by atoms with Crippen molar-refractivity contribution in [3.8, 4) is 5.75 Å². The Morgan fingerprint density at radius 2 is 1.87 bits per heavy atom. The number of imide groups is 1. The van der Waals surface area contributed by atoms with Gasteiger partial charge in [0.05, 0.1) is 12.6 Å². The number of rotatable bonds is 11. The van der Waals surface area contributed by atoms with E-state index in [1.807, 2.05) is 0 Å². The number of alkyl carbamates (subject to hydrolysis) is 1. The van der Waals surface area contributed by atoms with Crippen LogP contribution < -0.4 is 10.1 Å². The third kappa shape index (κ3) is 9.45. The Morgan fingerprint density at radius 3 is 2.53 bits per heavy atom. The third-order valence-corrected chi connectivity index (χ3v) is 9.72. The molecular weight excluding hydrogens is 606 g/mol. The number of piperidine rings is 2. The standard InChI is InChI=1S/C31H46F2N4O7Si/c1-31(2,3)44-30(41)34-23-11-12-35(18-26(32)33)17-25(23)43-21-7-8-22-20(15-21)16-36(28(22)39)24-9-10-27(38)37(29(24)40)19-42-13-14-45(4,5)6/h7-8,15,23-26H,9-14,16-19H2,1-6H3,(H,34,41). The van der Waals surface area contributed by atoms with E-state index in [4.69, 9.17) is 14.2 Å². The normalized spacial score (nSPS) is 23.0. The molecular formula is C31H46F2N4O7Si. The second-order valence-electron chi connectivity index (χ2n) is 14.2. The fourth-order valence-electron chi connectivity index (χ4n) is 5.68. The maximum atomic E-state index is 13.4. The molecule has 4 amide bonds. The van der Waals surface area contributed by atoms with Crippen molar-refractivity contribution in [3.63, 3.8) is 0 Å². The van der Waals surface area contributed by atoms with Crippen LogP contribution in [0, 0.1) is 0 Å². The fourth-order valence-corrected chi connectivity index (χ4v) is 6.44. The van der Waals surface area contributed by atoms with Gasteiger partial charge in [0.15, 0.2) is 0 Å². The molecule has 3 aliphatic heterocycles. The van der Waals surface area contributed by atoms with Crippen LogP contribution in [0.4, 0.5) is 13.6 Å². The number of amides is 4. The second kappa shape index (κ2) is 14.1. The zero-order valence-corrected chi connectivity index (χ0v) is 28.1. The molecule has 11 nitrogen and oxygen atoms in total. The fraction of sp³-hybridized carbons (Fsp3) is 0.677. The van der Waals surface area contributed by atoms with Crippen LogP contribution in [-0.4, -0.2) is 110 Å². The topological polar surface area (TPSA) is 118 Å². The number of nitrogens with one attached hydrogen (secondary N) is 1. The highest BCUT2D eigenvalue weighted by Crippen LogP contribution is 2.32. The Kier molecular flexibility index (Phi) is 10.9. The monoisotopic (exact) mass is 652 g/mol. The summed E-state index contributed by atoms with van der Waals surface area (Å²) >= 11 is 0. The first-order chi connectivity index (χ1) is 21.0. The van der Waals surface area contributed by atoms with E-state index in [2.05, 4.69) is 25.0 Å². The molecule has 45 heavy (non-hydrogen) atoms. The minimum Gasteiger partial charge on any atom is -0.487 e. The molecule has 3 aliphatic rings. The van der Waals surface area contributed by atoms with Gasteiger partial charge in [-0.05, 0) is 63.4 Å². The molecule has 0 aromatic heterocycles. The average molecular weight is 653 g/mol. The largest absolute Gasteiger partial charge is 0.487 e. The molecule has 250 valence electrons. The van der Waals surface area contributed by atoms with E-state index in [-0.39, 0.29) is 44.5 Å². The summed E-state index contributed by atoms with van der Waals surface area (Å²) in [7, 11) is -1.34. The van der Waals surface area contributed by atoms with Gasteiger partial charge in [-0.1, -0.05) is 19.6 Å². The number of hydrogen-bond donors (Lipinski definition) is 1. The van der Waals surface area contributed by atoms with Gasteiger partial charge in [-0.3, -0.25) is 24.2 Å². The van der Waals surface area contributed by atoms with Crippen LogP contribution in [-0.2, 0) is 25.6 Å².